The molecule has 0 N–H and O–H groups in total. The van der Waals surface area contributed by atoms with Gasteiger partial charge in [-0.3, -0.25) is 0 Å². The highest BCUT2D eigenvalue weighted by Gasteiger charge is 2.18. The first-order chi connectivity index (χ1) is 13.2. The van der Waals surface area contributed by atoms with Gasteiger partial charge in [-0.05, 0) is 36.2 Å². The van der Waals surface area contributed by atoms with Crippen LogP contribution in [0.5, 0.6) is 0 Å². The van der Waals surface area contributed by atoms with Crippen molar-refractivity contribution in [3.8, 4) is 0 Å². The summed E-state index contributed by atoms with van der Waals surface area (Å²) in [6, 6.07) is 25.2. The fourth-order valence-electron chi connectivity index (χ4n) is 3.31. The SMILES string of the molecule is C/C(=N\OCc1ccccc1Br)c1cccc(N2Cc3ccccc3C2)c1. The van der Waals surface area contributed by atoms with Crippen LogP contribution in [0.1, 0.15) is 29.2 Å². The monoisotopic (exact) mass is 420 g/mol. The summed E-state index contributed by atoms with van der Waals surface area (Å²) >= 11 is 3.53. The van der Waals surface area contributed by atoms with Crippen LogP contribution >= 0.6 is 15.9 Å². The fraction of sp³-hybridized carbons (Fsp3) is 0.174. The number of nitrogens with zero attached hydrogens (tertiary/aromatic N) is 2. The average molecular weight is 421 g/mol. The third-order valence-corrected chi connectivity index (χ3v) is 5.62. The molecular formula is C23H21BrN2O. The van der Waals surface area contributed by atoms with Crippen LogP contribution in [0.2, 0.25) is 0 Å². The Bertz CT molecular complexity index is 958. The zero-order valence-corrected chi connectivity index (χ0v) is 16.8. The lowest BCUT2D eigenvalue weighted by Crippen LogP contribution is -2.14. The van der Waals surface area contributed by atoms with Crippen molar-refractivity contribution in [2.24, 2.45) is 5.16 Å². The largest absolute Gasteiger partial charge is 0.391 e. The molecule has 0 saturated carbocycles. The molecule has 1 aliphatic heterocycles. The molecule has 3 nitrogen and oxygen atoms in total. The van der Waals surface area contributed by atoms with Crippen LogP contribution in [-0.4, -0.2) is 5.71 Å². The number of halogens is 1. The molecule has 0 radical (unpaired) electrons. The van der Waals surface area contributed by atoms with Crippen molar-refractivity contribution in [1.29, 1.82) is 0 Å². The van der Waals surface area contributed by atoms with Crippen LogP contribution in [-0.2, 0) is 24.5 Å². The number of benzene rings is 3. The Labute approximate surface area is 168 Å². The second-order valence-corrected chi connectivity index (χ2v) is 7.57. The van der Waals surface area contributed by atoms with E-state index < -0.39 is 0 Å². The standard InChI is InChI=1S/C23H21BrN2O/c1-17(25-27-16-21-9-4-5-12-23(21)24)18-10-6-11-22(13-18)26-14-19-7-2-3-8-20(19)15-26/h2-13H,14-16H2,1H3/b25-17+. The van der Waals surface area contributed by atoms with Crippen molar-refractivity contribution >= 4 is 27.3 Å². The summed E-state index contributed by atoms with van der Waals surface area (Å²) in [5.41, 5.74) is 7.06. The molecular weight excluding hydrogens is 400 g/mol. The zero-order valence-electron chi connectivity index (χ0n) is 15.2. The van der Waals surface area contributed by atoms with Crippen LogP contribution in [0.3, 0.4) is 0 Å². The Morgan fingerprint density at radius 2 is 1.67 bits per heavy atom. The van der Waals surface area contributed by atoms with Gasteiger partial charge in [0.05, 0.1) is 5.71 Å². The van der Waals surface area contributed by atoms with E-state index in [1.165, 1.54) is 16.8 Å². The second kappa shape index (κ2) is 7.97. The molecule has 0 aliphatic carbocycles. The molecule has 0 atom stereocenters. The number of fused-ring (bicyclic) bond motifs is 1. The molecule has 0 aromatic heterocycles. The lowest BCUT2D eigenvalue weighted by molar-refractivity contribution is 0.130. The first-order valence-corrected chi connectivity index (χ1v) is 9.82. The maximum atomic E-state index is 5.58. The third-order valence-electron chi connectivity index (χ3n) is 4.85. The van der Waals surface area contributed by atoms with Gasteiger partial charge in [-0.2, -0.15) is 0 Å². The van der Waals surface area contributed by atoms with Crippen LogP contribution < -0.4 is 4.90 Å². The third kappa shape index (κ3) is 4.06. The molecule has 0 saturated heterocycles. The number of anilines is 1. The van der Waals surface area contributed by atoms with E-state index in [1.54, 1.807) is 0 Å². The van der Waals surface area contributed by atoms with E-state index in [1.807, 2.05) is 31.2 Å². The minimum absolute atomic E-state index is 0.444. The predicted octanol–water partition coefficient (Wildman–Crippen LogP) is 5.91. The molecule has 4 rings (SSSR count). The van der Waals surface area contributed by atoms with E-state index >= 15 is 0 Å². The molecule has 136 valence electrons. The number of hydrogen-bond acceptors (Lipinski definition) is 3. The zero-order chi connectivity index (χ0) is 18.6. The van der Waals surface area contributed by atoms with E-state index in [4.69, 9.17) is 4.84 Å². The topological polar surface area (TPSA) is 24.8 Å². The van der Waals surface area contributed by atoms with Crippen LogP contribution in [0.15, 0.2) is 82.4 Å². The van der Waals surface area contributed by atoms with Crippen LogP contribution in [0.25, 0.3) is 0 Å². The molecule has 0 spiro atoms. The minimum atomic E-state index is 0.444. The summed E-state index contributed by atoms with van der Waals surface area (Å²) in [6.07, 6.45) is 0. The fourth-order valence-corrected chi connectivity index (χ4v) is 3.71. The molecule has 27 heavy (non-hydrogen) atoms. The van der Waals surface area contributed by atoms with Crippen molar-refractivity contribution < 1.29 is 4.84 Å². The number of hydrogen-bond donors (Lipinski definition) is 0. The Balaban J connectivity index is 1.45. The molecule has 3 aromatic carbocycles. The lowest BCUT2D eigenvalue weighted by Gasteiger charge is -2.18. The summed E-state index contributed by atoms with van der Waals surface area (Å²) in [7, 11) is 0. The molecule has 1 heterocycles. The van der Waals surface area contributed by atoms with Gasteiger partial charge in [0, 0.05) is 34.4 Å². The summed E-state index contributed by atoms with van der Waals surface area (Å²) in [4.78, 5) is 7.97. The van der Waals surface area contributed by atoms with Gasteiger partial charge in [0.25, 0.3) is 0 Å². The highest BCUT2D eigenvalue weighted by atomic mass is 79.9. The van der Waals surface area contributed by atoms with E-state index in [0.717, 1.165) is 34.4 Å². The Morgan fingerprint density at radius 3 is 2.41 bits per heavy atom. The predicted molar refractivity (Wildman–Crippen MR) is 114 cm³/mol. The molecule has 0 amide bonds. The highest BCUT2D eigenvalue weighted by Crippen LogP contribution is 2.28. The van der Waals surface area contributed by atoms with Crippen LogP contribution in [0, 0.1) is 0 Å². The smallest absolute Gasteiger partial charge is 0.143 e. The number of oxime groups is 1. The van der Waals surface area contributed by atoms with Crippen molar-refractivity contribution in [2.75, 3.05) is 4.90 Å². The maximum Gasteiger partial charge on any atom is 0.143 e. The molecule has 0 fully saturated rings. The van der Waals surface area contributed by atoms with Gasteiger partial charge >= 0.3 is 0 Å². The van der Waals surface area contributed by atoms with Gasteiger partial charge in [0.2, 0.25) is 0 Å². The number of rotatable bonds is 5. The van der Waals surface area contributed by atoms with E-state index in [0.29, 0.717) is 6.61 Å². The summed E-state index contributed by atoms with van der Waals surface area (Å²) in [5.74, 6) is 0. The van der Waals surface area contributed by atoms with Crippen molar-refractivity contribution in [2.45, 2.75) is 26.6 Å². The average Bonchev–Trinajstić information content (AvgIpc) is 3.14. The van der Waals surface area contributed by atoms with Gasteiger partial charge in [-0.1, -0.05) is 75.7 Å². The maximum absolute atomic E-state index is 5.58. The Kier molecular flexibility index (Phi) is 5.26. The van der Waals surface area contributed by atoms with Gasteiger partial charge in [0.15, 0.2) is 0 Å². The summed E-state index contributed by atoms with van der Waals surface area (Å²) in [6.45, 7) is 4.33. The first kappa shape index (κ1) is 17.8. The van der Waals surface area contributed by atoms with Crippen LogP contribution in [0.4, 0.5) is 5.69 Å². The quantitative estimate of drug-likeness (QED) is 0.378. The summed E-state index contributed by atoms with van der Waals surface area (Å²) in [5, 5.41) is 4.32. The first-order valence-electron chi connectivity index (χ1n) is 9.03. The normalized spacial score (nSPS) is 13.6. The van der Waals surface area contributed by atoms with E-state index in [2.05, 4.69) is 74.5 Å². The van der Waals surface area contributed by atoms with Crippen molar-refractivity contribution in [1.82, 2.24) is 0 Å². The van der Waals surface area contributed by atoms with Gasteiger partial charge in [-0.15, -0.1) is 0 Å². The molecule has 1 aliphatic rings. The van der Waals surface area contributed by atoms with Crippen molar-refractivity contribution in [3.63, 3.8) is 0 Å². The Morgan fingerprint density at radius 1 is 0.963 bits per heavy atom. The summed E-state index contributed by atoms with van der Waals surface area (Å²) < 4.78 is 1.04. The highest BCUT2D eigenvalue weighted by molar-refractivity contribution is 9.10. The molecule has 0 bridgehead atoms. The minimum Gasteiger partial charge on any atom is -0.391 e. The van der Waals surface area contributed by atoms with Gasteiger partial charge < -0.3 is 9.74 Å². The van der Waals surface area contributed by atoms with E-state index in [-0.39, 0.29) is 0 Å². The van der Waals surface area contributed by atoms with Gasteiger partial charge in [0.1, 0.15) is 6.61 Å². The van der Waals surface area contributed by atoms with Crippen molar-refractivity contribution in [3.05, 3.63) is 99.5 Å². The molecule has 4 heteroatoms. The second-order valence-electron chi connectivity index (χ2n) is 6.72. The molecule has 3 aromatic rings. The van der Waals surface area contributed by atoms with Gasteiger partial charge in [-0.25, -0.2) is 0 Å². The lowest BCUT2D eigenvalue weighted by atomic mass is 10.1. The van der Waals surface area contributed by atoms with E-state index in [9.17, 15) is 0 Å². The Hall–Kier alpha value is -2.59. The molecule has 0 unspecified atom stereocenters.